The summed E-state index contributed by atoms with van der Waals surface area (Å²) in [4.78, 5) is 15.7. The summed E-state index contributed by atoms with van der Waals surface area (Å²) in [6, 6.07) is 0.484. The second kappa shape index (κ2) is 6.53. The molecule has 2 aliphatic rings. The van der Waals surface area contributed by atoms with Crippen molar-refractivity contribution in [1.29, 1.82) is 0 Å². The first-order valence-electron chi connectivity index (χ1n) is 7.37. The third-order valence-corrected chi connectivity index (χ3v) is 4.28. The topological polar surface area (TPSA) is 43.8 Å². The van der Waals surface area contributed by atoms with Crippen molar-refractivity contribution < 1.29 is 9.90 Å². The molecule has 4 nitrogen and oxygen atoms in total. The Labute approximate surface area is 110 Å². The van der Waals surface area contributed by atoms with E-state index in [1.807, 2.05) is 0 Å². The molecule has 1 N–H and O–H groups in total. The van der Waals surface area contributed by atoms with Gasteiger partial charge in [0.1, 0.15) is 0 Å². The molecule has 0 aromatic carbocycles. The molecule has 1 saturated carbocycles. The average Bonchev–Trinajstić information content (AvgIpc) is 3.13. The summed E-state index contributed by atoms with van der Waals surface area (Å²) >= 11 is 0. The molecule has 1 saturated heterocycles. The van der Waals surface area contributed by atoms with Gasteiger partial charge in [-0.15, -0.1) is 0 Å². The van der Waals surface area contributed by atoms with E-state index in [1.54, 1.807) is 0 Å². The van der Waals surface area contributed by atoms with Gasteiger partial charge < -0.3 is 10.0 Å². The van der Waals surface area contributed by atoms with E-state index in [0.717, 1.165) is 38.4 Å². The maximum Gasteiger partial charge on any atom is 0.317 e. The second-order valence-electron chi connectivity index (χ2n) is 5.79. The Morgan fingerprint density at radius 1 is 1.28 bits per heavy atom. The largest absolute Gasteiger partial charge is 0.480 e. The quantitative estimate of drug-likeness (QED) is 0.783. The summed E-state index contributed by atoms with van der Waals surface area (Å²) in [6.45, 7) is 6.86. The van der Waals surface area contributed by atoms with Crippen LogP contribution in [0, 0.1) is 5.92 Å². The Kier molecular flexibility index (Phi) is 5.01. The maximum absolute atomic E-state index is 11.0. The molecule has 0 bridgehead atoms. The minimum atomic E-state index is -0.674. The highest BCUT2D eigenvalue weighted by Crippen LogP contribution is 2.31. The van der Waals surface area contributed by atoms with E-state index in [9.17, 15) is 4.79 Å². The summed E-state index contributed by atoms with van der Waals surface area (Å²) in [5.41, 5.74) is 0. The zero-order valence-corrected chi connectivity index (χ0v) is 11.5. The first-order chi connectivity index (χ1) is 8.69. The predicted octanol–water partition coefficient (Wildman–Crippen LogP) is 1.66. The van der Waals surface area contributed by atoms with E-state index in [1.165, 1.54) is 25.8 Å². The maximum atomic E-state index is 11.0. The van der Waals surface area contributed by atoms with Gasteiger partial charge in [-0.05, 0) is 57.7 Å². The van der Waals surface area contributed by atoms with Crippen molar-refractivity contribution in [3.05, 3.63) is 0 Å². The van der Waals surface area contributed by atoms with Crippen LogP contribution in [0.1, 0.15) is 39.0 Å². The first kappa shape index (κ1) is 13.8. The van der Waals surface area contributed by atoms with Crippen LogP contribution < -0.4 is 0 Å². The number of carboxylic acid groups (broad SMARTS) is 1. The second-order valence-corrected chi connectivity index (χ2v) is 5.79. The fraction of sp³-hybridized carbons (Fsp3) is 0.929. The molecule has 1 unspecified atom stereocenters. The molecule has 4 heteroatoms. The number of hydrogen-bond acceptors (Lipinski definition) is 3. The highest BCUT2D eigenvalue weighted by molar-refractivity contribution is 5.69. The molecule has 1 aliphatic carbocycles. The van der Waals surface area contributed by atoms with Gasteiger partial charge in [-0.25, -0.2) is 0 Å². The van der Waals surface area contributed by atoms with Gasteiger partial charge in [-0.3, -0.25) is 9.69 Å². The van der Waals surface area contributed by atoms with Crippen molar-refractivity contribution in [2.24, 2.45) is 5.92 Å². The molecular formula is C14H26N2O2. The van der Waals surface area contributed by atoms with Crippen LogP contribution in [0.5, 0.6) is 0 Å². The monoisotopic (exact) mass is 254 g/mol. The van der Waals surface area contributed by atoms with Crippen LogP contribution in [0.25, 0.3) is 0 Å². The Balaban J connectivity index is 1.88. The minimum absolute atomic E-state index is 0.229. The van der Waals surface area contributed by atoms with Gasteiger partial charge >= 0.3 is 5.97 Å². The summed E-state index contributed by atoms with van der Waals surface area (Å²) in [5, 5.41) is 9.06. The number of carboxylic acids is 1. The summed E-state index contributed by atoms with van der Waals surface area (Å²) in [5.74, 6) is 0.0992. The lowest BCUT2D eigenvalue weighted by molar-refractivity contribution is -0.139. The van der Waals surface area contributed by atoms with Crippen LogP contribution >= 0.6 is 0 Å². The lowest BCUT2D eigenvalue weighted by Gasteiger charge is -2.29. The smallest absolute Gasteiger partial charge is 0.317 e. The standard InChI is InChI=1S/C14H26N2O2/c1-2-15-8-3-4-13(7-9-15)16(11-14(17)18)10-12-5-6-12/h12-13H,2-11H2,1H3,(H,17,18). The molecule has 1 heterocycles. The molecule has 1 aliphatic heterocycles. The number of hydrogen-bond donors (Lipinski definition) is 1. The Morgan fingerprint density at radius 3 is 2.67 bits per heavy atom. The summed E-state index contributed by atoms with van der Waals surface area (Å²) in [6.07, 6.45) is 6.09. The zero-order valence-electron chi connectivity index (χ0n) is 11.5. The van der Waals surface area contributed by atoms with Crippen LogP contribution in [-0.2, 0) is 4.79 Å². The van der Waals surface area contributed by atoms with E-state index in [4.69, 9.17) is 5.11 Å². The Hall–Kier alpha value is -0.610. The van der Waals surface area contributed by atoms with Crippen LogP contribution in [0.4, 0.5) is 0 Å². The lowest BCUT2D eigenvalue weighted by Crippen LogP contribution is -2.41. The molecule has 2 fully saturated rings. The van der Waals surface area contributed by atoms with Crippen molar-refractivity contribution >= 4 is 5.97 Å². The molecule has 0 aromatic heterocycles. The van der Waals surface area contributed by atoms with Gasteiger partial charge in [-0.1, -0.05) is 6.92 Å². The van der Waals surface area contributed by atoms with Gasteiger partial charge in [0, 0.05) is 12.6 Å². The number of nitrogens with zero attached hydrogens (tertiary/aromatic N) is 2. The molecule has 0 amide bonds. The average molecular weight is 254 g/mol. The summed E-state index contributed by atoms with van der Waals surface area (Å²) in [7, 11) is 0. The SMILES string of the molecule is CCN1CCCC(N(CC(=O)O)CC2CC2)CC1. The number of aliphatic carboxylic acids is 1. The van der Waals surface area contributed by atoms with E-state index in [2.05, 4.69) is 16.7 Å². The predicted molar refractivity (Wildman–Crippen MR) is 71.7 cm³/mol. The molecule has 2 rings (SSSR count). The van der Waals surface area contributed by atoms with E-state index < -0.39 is 5.97 Å². The van der Waals surface area contributed by atoms with Crippen LogP contribution in [0.3, 0.4) is 0 Å². The molecular weight excluding hydrogens is 228 g/mol. The van der Waals surface area contributed by atoms with Crippen molar-refractivity contribution in [2.75, 3.05) is 32.7 Å². The van der Waals surface area contributed by atoms with Crippen molar-refractivity contribution in [3.8, 4) is 0 Å². The fourth-order valence-corrected chi connectivity index (χ4v) is 2.97. The summed E-state index contributed by atoms with van der Waals surface area (Å²) < 4.78 is 0. The first-order valence-corrected chi connectivity index (χ1v) is 7.37. The van der Waals surface area contributed by atoms with E-state index in [0.29, 0.717) is 6.04 Å². The number of likely N-dealkylation sites (tertiary alicyclic amines) is 1. The number of rotatable bonds is 6. The Bertz CT molecular complexity index is 279. The van der Waals surface area contributed by atoms with E-state index >= 15 is 0 Å². The molecule has 104 valence electrons. The molecule has 1 atom stereocenters. The zero-order chi connectivity index (χ0) is 13.0. The Morgan fingerprint density at radius 2 is 2.06 bits per heavy atom. The lowest BCUT2D eigenvalue weighted by atomic mass is 10.1. The van der Waals surface area contributed by atoms with Crippen LogP contribution in [0.15, 0.2) is 0 Å². The molecule has 0 radical (unpaired) electrons. The minimum Gasteiger partial charge on any atom is -0.480 e. The normalized spacial score (nSPS) is 26.2. The number of carbonyl (C=O) groups is 1. The van der Waals surface area contributed by atoms with Gasteiger partial charge in [0.2, 0.25) is 0 Å². The molecule has 0 spiro atoms. The highest BCUT2D eigenvalue weighted by Gasteiger charge is 2.30. The third kappa shape index (κ3) is 4.25. The van der Waals surface area contributed by atoms with Crippen molar-refractivity contribution in [3.63, 3.8) is 0 Å². The van der Waals surface area contributed by atoms with Gasteiger partial charge in [0.25, 0.3) is 0 Å². The van der Waals surface area contributed by atoms with Gasteiger partial charge in [0.05, 0.1) is 6.54 Å². The highest BCUT2D eigenvalue weighted by atomic mass is 16.4. The fourth-order valence-electron chi connectivity index (χ4n) is 2.97. The van der Waals surface area contributed by atoms with E-state index in [-0.39, 0.29) is 6.54 Å². The van der Waals surface area contributed by atoms with Crippen LogP contribution in [-0.4, -0.2) is 59.6 Å². The van der Waals surface area contributed by atoms with Crippen molar-refractivity contribution in [2.45, 2.75) is 45.1 Å². The van der Waals surface area contributed by atoms with Gasteiger partial charge in [-0.2, -0.15) is 0 Å². The molecule has 18 heavy (non-hydrogen) atoms. The third-order valence-electron chi connectivity index (χ3n) is 4.28. The van der Waals surface area contributed by atoms with Gasteiger partial charge in [0.15, 0.2) is 0 Å². The van der Waals surface area contributed by atoms with Crippen molar-refractivity contribution in [1.82, 2.24) is 9.80 Å². The van der Waals surface area contributed by atoms with Crippen LogP contribution in [0.2, 0.25) is 0 Å². The molecule has 0 aromatic rings.